The number of Topliss-reactive ketones (excluding diaryl/α,β-unsaturated/α-hetero) is 1. The molecule has 0 N–H and O–H groups in total. The molecule has 0 fully saturated rings. The van der Waals surface area contributed by atoms with Gasteiger partial charge in [-0.15, -0.1) is 0 Å². The number of rotatable bonds is 7. The maximum absolute atomic E-state index is 12.1. The quantitative estimate of drug-likeness (QED) is 0.352. The molecule has 3 rings (SSSR count). The van der Waals surface area contributed by atoms with Gasteiger partial charge >= 0.3 is 0 Å². The number of carbonyl (C=O) groups is 1. The normalized spacial score (nSPS) is 10.2. The van der Waals surface area contributed by atoms with Crippen LogP contribution in [-0.2, 0) is 0 Å². The van der Waals surface area contributed by atoms with Crippen molar-refractivity contribution in [3.8, 4) is 17.2 Å². The smallest absolute Gasteiger partial charge is 0.269 e. The van der Waals surface area contributed by atoms with Crippen molar-refractivity contribution in [2.45, 2.75) is 0 Å². The Bertz CT molecular complexity index is 890. The van der Waals surface area contributed by atoms with E-state index >= 15 is 0 Å². The minimum Gasteiger partial charge on any atom is -0.485 e. The van der Waals surface area contributed by atoms with Crippen LogP contribution < -0.4 is 9.47 Å². The highest BCUT2D eigenvalue weighted by Crippen LogP contribution is 2.23. The minimum atomic E-state index is -0.510. The lowest BCUT2D eigenvalue weighted by atomic mass is 10.1. The number of nitrogens with zero attached hydrogens (tertiary/aromatic N) is 1. The summed E-state index contributed by atoms with van der Waals surface area (Å²) in [6.07, 6.45) is 0. The van der Waals surface area contributed by atoms with Crippen molar-refractivity contribution >= 4 is 11.5 Å². The molecule has 0 aliphatic carbocycles. The predicted octanol–water partition coefficient (Wildman–Crippen LogP) is 4.65. The number of non-ortho nitro benzene ring substituents is 1. The van der Waals surface area contributed by atoms with Crippen LogP contribution >= 0.6 is 0 Å². The van der Waals surface area contributed by atoms with E-state index in [1.54, 1.807) is 24.3 Å². The molecule has 0 atom stereocenters. The third-order valence-corrected chi connectivity index (χ3v) is 3.57. The second kappa shape index (κ2) is 7.94. The highest BCUT2D eigenvalue weighted by molar-refractivity contribution is 5.97. The molecule has 6 heteroatoms. The number of nitro benzene ring substituents is 1. The Morgan fingerprint density at radius 3 is 2.00 bits per heavy atom. The summed E-state index contributed by atoms with van der Waals surface area (Å²) >= 11 is 0. The Kier molecular flexibility index (Phi) is 5.24. The molecule has 0 radical (unpaired) electrons. The van der Waals surface area contributed by atoms with Crippen molar-refractivity contribution in [3.05, 3.63) is 94.5 Å². The fourth-order valence-electron chi connectivity index (χ4n) is 2.23. The topological polar surface area (TPSA) is 78.7 Å². The standard InChI is InChI=1S/C20H15NO5/c22-20(15-6-8-16(9-7-15)21(23)24)14-25-17-10-12-19(13-11-17)26-18-4-2-1-3-5-18/h1-13H,14H2. The first kappa shape index (κ1) is 17.2. The molecule has 0 unspecified atom stereocenters. The van der Waals surface area contributed by atoms with E-state index in [1.165, 1.54) is 24.3 Å². The van der Waals surface area contributed by atoms with Crippen LogP contribution in [0, 0.1) is 10.1 Å². The van der Waals surface area contributed by atoms with Gasteiger partial charge < -0.3 is 9.47 Å². The monoisotopic (exact) mass is 349 g/mol. The predicted molar refractivity (Wildman–Crippen MR) is 95.9 cm³/mol. The third kappa shape index (κ3) is 4.45. The number of hydrogen-bond acceptors (Lipinski definition) is 5. The lowest BCUT2D eigenvalue weighted by Gasteiger charge is -2.08. The molecule has 0 aromatic heterocycles. The van der Waals surface area contributed by atoms with E-state index in [4.69, 9.17) is 9.47 Å². The zero-order valence-corrected chi connectivity index (χ0v) is 13.7. The number of ether oxygens (including phenoxy) is 2. The molecule has 6 nitrogen and oxygen atoms in total. The molecule has 0 bridgehead atoms. The fraction of sp³-hybridized carbons (Fsp3) is 0.0500. The molecule has 0 heterocycles. The van der Waals surface area contributed by atoms with Crippen LogP contribution in [0.25, 0.3) is 0 Å². The van der Waals surface area contributed by atoms with Crippen LogP contribution in [0.3, 0.4) is 0 Å². The Morgan fingerprint density at radius 2 is 1.38 bits per heavy atom. The highest BCUT2D eigenvalue weighted by Gasteiger charge is 2.10. The molecule has 0 aliphatic heterocycles. The van der Waals surface area contributed by atoms with Crippen LogP contribution in [-0.4, -0.2) is 17.3 Å². The fourth-order valence-corrected chi connectivity index (χ4v) is 2.23. The summed E-state index contributed by atoms with van der Waals surface area (Å²) in [6.45, 7) is -0.156. The van der Waals surface area contributed by atoms with Crippen molar-refractivity contribution in [1.82, 2.24) is 0 Å². The second-order valence-electron chi connectivity index (χ2n) is 5.40. The van der Waals surface area contributed by atoms with E-state index in [9.17, 15) is 14.9 Å². The molecule has 0 saturated carbocycles. The molecular weight excluding hydrogens is 334 g/mol. The zero-order chi connectivity index (χ0) is 18.4. The molecule has 130 valence electrons. The maximum atomic E-state index is 12.1. The molecule has 26 heavy (non-hydrogen) atoms. The van der Waals surface area contributed by atoms with E-state index in [0.717, 1.165) is 5.75 Å². The average molecular weight is 349 g/mol. The lowest BCUT2D eigenvalue weighted by Crippen LogP contribution is -2.11. The summed E-state index contributed by atoms with van der Waals surface area (Å²) in [5.41, 5.74) is 0.302. The Labute approximate surface area is 149 Å². The van der Waals surface area contributed by atoms with Gasteiger partial charge in [-0.05, 0) is 48.5 Å². The minimum absolute atomic E-state index is 0.0588. The van der Waals surface area contributed by atoms with Gasteiger partial charge in [0.15, 0.2) is 12.4 Å². The molecule has 0 aliphatic rings. The van der Waals surface area contributed by atoms with Crippen molar-refractivity contribution in [3.63, 3.8) is 0 Å². The first-order valence-corrected chi connectivity index (χ1v) is 7.85. The number of carbonyl (C=O) groups excluding carboxylic acids is 1. The summed E-state index contributed by atoms with van der Waals surface area (Å²) < 4.78 is 11.1. The van der Waals surface area contributed by atoms with Gasteiger partial charge in [-0.3, -0.25) is 14.9 Å². The van der Waals surface area contributed by atoms with Gasteiger partial charge in [0.05, 0.1) is 4.92 Å². The maximum Gasteiger partial charge on any atom is 0.269 e. The highest BCUT2D eigenvalue weighted by atomic mass is 16.6. The molecular formula is C20H15NO5. The van der Waals surface area contributed by atoms with Gasteiger partial charge in [0.25, 0.3) is 5.69 Å². The number of para-hydroxylation sites is 1. The third-order valence-electron chi connectivity index (χ3n) is 3.57. The molecule has 0 spiro atoms. The van der Waals surface area contributed by atoms with Crippen LogP contribution in [0.2, 0.25) is 0 Å². The Hall–Kier alpha value is -3.67. The lowest BCUT2D eigenvalue weighted by molar-refractivity contribution is -0.384. The largest absolute Gasteiger partial charge is 0.485 e. The van der Waals surface area contributed by atoms with Gasteiger partial charge in [-0.2, -0.15) is 0 Å². The van der Waals surface area contributed by atoms with Gasteiger partial charge in [-0.25, -0.2) is 0 Å². The Balaban J connectivity index is 1.55. The van der Waals surface area contributed by atoms with Crippen LogP contribution in [0.4, 0.5) is 5.69 Å². The SMILES string of the molecule is O=C(COc1ccc(Oc2ccccc2)cc1)c1ccc([N+](=O)[O-])cc1. The van der Waals surface area contributed by atoms with E-state index in [-0.39, 0.29) is 18.1 Å². The number of nitro groups is 1. The van der Waals surface area contributed by atoms with Crippen molar-refractivity contribution < 1.29 is 19.2 Å². The summed E-state index contributed by atoms with van der Waals surface area (Å²) in [5.74, 6) is 1.66. The van der Waals surface area contributed by atoms with Gasteiger partial charge in [0, 0.05) is 17.7 Å². The molecule has 3 aromatic rings. The van der Waals surface area contributed by atoms with Crippen molar-refractivity contribution in [1.29, 1.82) is 0 Å². The second-order valence-corrected chi connectivity index (χ2v) is 5.40. The first-order valence-electron chi connectivity index (χ1n) is 7.85. The van der Waals surface area contributed by atoms with Crippen molar-refractivity contribution in [2.75, 3.05) is 6.61 Å². The number of benzene rings is 3. The Morgan fingerprint density at radius 1 is 0.808 bits per heavy atom. The summed E-state index contributed by atoms with van der Waals surface area (Å²) in [6, 6.07) is 21.7. The van der Waals surface area contributed by atoms with E-state index in [2.05, 4.69) is 0 Å². The first-order chi connectivity index (χ1) is 12.6. The van der Waals surface area contributed by atoms with E-state index < -0.39 is 4.92 Å². The molecule has 3 aromatic carbocycles. The van der Waals surface area contributed by atoms with E-state index in [0.29, 0.717) is 17.1 Å². The van der Waals surface area contributed by atoms with Crippen LogP contribution in [0.5, 0.6) is 17.2 Å². The van der Waals surface area contributed by atoms with E-state index in [1.807, 2.05) is 30.3 Å². The summed E-state index contributed by atoms with van der Waals surface area (Å²) in [7, 11) is 0. The van der Waals surface area contributed by atoms with Crippen molar-refractivity contribution in [2.24, 2.45) is 0 Å². The van der Waals surface area contributed by atoms with Crippen LogP contribution in [0.1, 0.15) is 10.4 Å². The number of ketones is 1. The van der Waals surface area contributed by atoms with Gasteiger partial charge in [0.2, 0.25) is 0 Å². The van der Waals surface area contributed by atoms with Gasteiger partial charge in [-0.1, -0.05) is 18.2 Å². The van der Waals surface area contributed by atoms with Crippen LogP contribution in [0.15, 0.2) is 78.9 Å². The van der Waals surface area contributed by atoms with Gasteiger partial charge in [0.1, 0.15) is 17.2 Å². The summed E-state index contributed by atoms with van der Waals surface area (Å²) in [4.78, 5) is 22.2. The zero-order valence-electron chi connectivity index (χ0n) is 13.7. The molecule has 0 amide bonds. The summed E-state index contributed by atoms with van der Waals surface area (Å²) in [5, 5.41) is 10.6. The molecule has 0 saturated heterocycles. The average Bonchev–Trinajstić information content (AvgIpc) is 2.68. The number of hydrogen-bond donors (Lipinski definition) is 0.